The number of anilines is 1. The lowest BCUT2D eigenvalue weighted by Gasteiger charge is -2.09. The lowest BCUT2D eigenvalue weighted by atomic mass is 10.1. The van der Waals surface area contributed by atoms with Gasteiger partial charge in [0, 0.05) is 30.2 Å². The highest BCUT2D eigenvalue weighted by atomic mass is 16.5. The first-order chi connectivity index (χ1) is 10.6. The van der Waals surface area contributed by atoms with E-state index < -0.39 is 5.97 Å². The van der Waals surface area contributed by atoms with Gasteiger partial charge in [-0.15, -0.1) is 0 Å². The topological polar surface area (TPSA) is 101 Å². The van der Waals surface area contributed by atoms with Gasteiger partial charge in [0.25, 0.3) is 0 Å². The number of aromatic nitrogens is 1. The van der Waals surface area contributed by atoms with E-state index in [0.29, 0.717) is 24.5 Å². The second-order valence-electron chi connectivity index (χ2n) is 4.63. The van der Waals surface area contributed by atoms with E-state index >= 15 is 0 Å². The Kier molecular flexibility index (Phi) is 5.13. The molecule has 0 spiro atoms. The first-order valence-electron chi connectivity index (χ1n) is 6.79. The fourth-order valence-corrected chi connectivity index (χ4v) is 2.01. The number of rotatable bonds is 6. The summed E-state index contributed by atoms with van der Waals surface area (Å²) in [4.78, 5) is 26.2. The first-order valence-corrected chi connectivity index (χ1v) is 6.79. The molecule has 0 aliphatic heterocycles. The van der Waals surface area contributed by atoms with Crippen molar-refractivity contribution in [2.75, 3.05) is 19.0 Å². The molecule has 0 fully saturated rings. The monoisotopic (exact) mass is 303 g/mol. The van der Waals surface area contributed by atoms with Crippen LogP contribution in [0, 0.1) is 0 Å². The van der Waals surface area contributed by atoms with Gasteiger partial charge in [0.15, 0.2) is 0 Å². The summed E-state index contributed by atoms with van der Waals surface area (Å²) < 4.78 is 5.17. The summed E-state index contributed by atoms with van der Waals surface area (Å²) in [7, 11) is 1.55. The normalized spacial score (nSPS) is 10.2. The van der Waals surface area contributed by atoms with Gasteiger partial charge in [-0.05, 0) is 36.1 Å². The number of urea groups is 1. The van der Waals surface area contributed by atoms with Crippen LogP contribution in [0.1, 0.15) is 12.8 Å². The van der Waals surface area contributed by atoms with Crippen LogP contribution in [0.25, 0.3) is 10.8 Å². The first kappa shape index (κ1) is 15.6. The van der Waals surface area contributed by atoms with Crippen molar-refractivity contribution in [2.24, 2.45) is 0 Å². The highest BCUT2D eigenvalue weighted by Gasteiger charge is 2.06. The molecule has 0 saturated heterocycles. The number of carboxylic acid groups (broad SMARTS) is 1. The Morgan fingerprint density at radius 2 is 2.14 bits per heavy atom. The highest BCUT2D eigenvalue weighted by molar-refractivity contribution is 5.94. The van der Waals surface area contributed by atoms with Crippen LogP contribution in [0.4, 0.5) is 10.5 Å². The van der Waals surface area contributed by atoms with E-state index in [0.717, 1.165) is 10.8 Å². The number of amides is 2. The average molecular weight is 303 g/mol. The number of pyridine rings is 1. The molecule has 7 nitrogen and oxygen atoms in total. The summed E-state index contributed by atoms with van der Waals surface area (Å²) in [5.74, 6) is -0.346. The Labute approximate surface area is 127 Å². The molecule has 116 valence electrons. The fourth-order valence-electron chi connectivity index (χ4n) is 2.01. The molecular weight excluding hydrogens is 286 g/mol. The van der Waals surface area contributed by atoms with Crippen molar-refractivity contribution in [3.63, 3.8) is 0 Å². The number of nitrogens with zero attached hydrogens (tertiary/aromatic N) is 1. The van der Waals surface area contributed by atoms with Crippen LogP contribution >= 0.6 is 0 Å². The maximum Gasteiger partial charge on any atom is 0.319 e. The largest absolute Gasteiger partial charge is 0.481 e. The summed E-state index contributed by atoms with van der Waals surface area (Å²) in [6.07, 6.45) is 2.06. The van der Waals surface area contributed by atoms with Crippen LogP contribution in [0.15, 0.2) is 30.5 Å². The van der Waals surface area contributed by atoms with Gasteiger partial charge in [-0.2, -0.15) is 0 Å². The maximum absolute atomic E-state index is 11.7. The Hall–Kier alpha value is -2.83. The van der Waals surface area contributed by atoms with Gasteiger partial charge in [-0.3, -0.25) is 4.79 Å². The van der Waals surface area contributed by atoms with Gasteiger partial charge >= 0.3 is 12.0 Å². The zero-order chi connectivity index (χ0) is 15.9. The Bertz CT molecular complexity index is 688. The number of nitrogens with one attached hydrogen (secondary N) is 2. The molecule has 22 heavy (non-hydrogen) atoms. The van der Waals surface area contributed by atoms with Crippen LogP contribution in [0.2, 0.25) is 0 Å². The van der Waals surface area contributed by atoms with Crippen molar-refractivity contribution in [3.8, 4) is 5.88 Å². The number of methoxy groups -OCH3 is 1. The van der Waals surface area contributed by atoms with Crippen molar-refractivity contribution in [1.82, 2.24) is 10.3 Å². The Morgan fingerprint density at radius 3 is 2.86 bits per heavy atom. The van der Waals surface area contributed by atoms with Crippen molar-refractivity contribution in [3.05, 3.63) is 30.5 Å². The summed E-state index contributed by atoms with van der Waals surface area (Å²) >= 11 is 0. The standard InChI is InChI=1S/C15H17N3O4/c1-22-14-12-5-4-11(9-10(12)6-8-16-14)18-15(21)17-7-2-3-13(19)20/h4-6,8-9H,2-3,7H2,1H3,(H,19,20)(H2,17,18,21). The molecule has 3 N–H and O–H groups in total. The minimum Gasteiger partial charge on any atom is -0.481 e. The number of carbonyl (C=O) groups excluding carboxylic acids is 1. The third-order valence-corrected chi connectivity index (χ3v) is 3.03. The molecule has 2 rings (SSSR count). The number of aliphatic carboxylic acids is 1. The van der Waals surface area contributed by atoms with E-state index in [1.165, 1.54) is 0 Å². The van der Waals surface area contributed by atoms with E-state index in [1.54, 1.807) is 19.4 Å². The van der Waals surface area contributed by atoms with Gasteiger partial charge in [-0.1, -0.05) is 0 Å². The number of hydrogen-bond donors (Lipinski definition) is 3. The average Bonchev–Trinajstić information content (AvgIpc) is 2.50. The van der Waals surface area contributed by atoms with E-state index in [2.05, 4.69) is 15.6 Å². The van der Waals surface area contributed by atoms with Crippen LogP contribution in [0.3, 0.4) is 0 Å². The van der Waals surface area contributed by atoms with Crippen LogP contribution in [-0.2, 0) is 4.79 Å². The van der Waals surface area contributed by atoms with Gasteiger partial charge in [-0.25, -0.2) is 9.78 Å². The predicted octanol–water partition coefficient (Wildman–Crippen LogP) is 2.23. The molecular formula is C15H17N3O4. The molecule has 1 aromatic carbocycles. The quantitative estimate of drug-likeness (QED) is 0.710. The molecule has 0 bridgehead atoms. The molecule has 0 aliphatic carbocycles. The molecule has 0 radical (unpaired) electrons. The van der Waals surface area contributed by atoms with Crippen LogP contribution in [-0.4, -0.2) is 35.7 Å². The molecule has 0 aliphatic rings. The fraction of sp³-hybridized carbons (Fsp3) is 0.267. The number of ether oxygens (including phenoxy) is 1. The maximum atomic E-state index is 11.7. The highest BCUT2D eigenvalue weighted by Crippen LogP contribution is 2.25. The summed E-state index contributed by atoms with van der Waals surface area (Å²) in [6, 6.07) is 6.85. The minimum atomic E-state index is -0.876. The third-order valence-electron chi connectivity index (χ3n) is 3.03. The molecule has 0 unspecified atom stereocenters. The zero-order valence-corrected chi connectivity index (χ0v) is 12.1. The van der Waals surface area contributed by atoms with Gasteiger partial charge in [0.1, 0.15) is 0 Å². The lowest BCUT2D eigenvalue weighted by molar-refractivity contribution is -0.137. The molecule has 1 aromatic heterocycles. The number of benzene rings is 1. The SMILES string of the molecule is COc1nccc2cc(NC(=O)NCCCC(=O)O)ccc12. The number of fused-ring (bicyclic) bond motifs is 1. The molecule has 7 heteroatoms. The molecule has 1 heterocycles. The Morgan fingerprint density at radius 1 is 1.32 bits per heavy atom. The number of carboxylic acids is 1. The second-order valence-corrected chi connectivity index (χ2v) is 4.63. The smallest absolute Gasteiger partial charge is 0.319 e. The van der Waals surface area contributed by atoms with E-state index in [-0.39, 0.29) is 12.5 Å². The van der Waals surface area contributed by atoms with E-state index in [1.807, 2.05) is 18.2 Å². The third kappa shape index (κ3) is 4.08. The molecule has 0 atom stereocenters. The molecule has 2 aromatic rings. The van der Waals surface area contributed by atoms with Gasteiger partial charge in [0.2, 0.25) is 5.88 Å². The number of hydrogen-bond acceptors (Lipinski definition) is 4. The second kappa shape index (κ2) is 7.26. The summed E-state index contributed by atoms with van der Waals surface area (Å²) in [6.45, 7) is 0.309. The molecule has 2 amide bonds. The van der Waals surface area contributed by atoms with Crippen molar-refractivity contribution >= 4 is 28.5 Å². The van der Waals surface area contributed by atoms with Crippen molar-refractivity contribution in [1.29, 1.82) is 0 Å². The van der Waals surface area contributed by atoms with Crippen molar-refractivity contribution in [2.45, 2.75) is 12.8 Å². The van der Waals surface area contributed by atoms with E-state index in [9.17, 15) is 9.59 Å². The summed E-state index contributed by atoms with van der Waals surface area (Å²) in [5.41, 5.74) is 0.636. The Balaban J connectivity index is 1.97. The van der Waals surface area contributed by atoms with Crippen LogP contribution in [0.5, 0.6) is 5.88 Å². The molecule has 0 saturated carbocycles. The summed E-state index contributed by atoms with van der Waals surface area (Å²) in [5, 5.41) is 15.6. The van der Waals surface area contributed by atoms with Crippen molar-refractivity contribution < 1.29 is 19.4 Å². The van der Waals surface area contributed by atoms with E-state index in [4.69, 9.17) is 9.84 Å². The lowest BCUT2D eigenvalue weighted by Crippen LogP contribution is -2.29. The predicted molar refractivity (Wildman–Crippen MR) is 82.2 cm³/mol. The van der Waals surface area contributed by atoms with Gasteiger partial charge in [0.05, 0.1) is 7.11 Å². The minimum absolute atomic E-state index is 0.0308. The van der Waals surface area contributed by atoms with Crippen LogP contribution < -0.4 is 15.4 Å². The number of carbonyl (C=O) groups is 2. The van der Waals surface area contributed by atoms with Gasteiger partial charge < -0.3 is 20.5 Å². The zero-order valence-electron chi connectivity index (χ0n) is 12.1.